The zero-order valence-electron chi connectivity index (χ0n) is 13.4. The van der Waals surface area contributed by atoms with Gasteiger partial charge in [-0.2, -0.15) is 0 Å². The highest BCUT2D eigenvalue weighted by molar-refractivity contribution is 6.17. The maximum Gasteiger partial charge on any atom is 0.249 e. The molecule has 1 radical (unpaired) electrons. The van der Waals surface area contributed by atoms with Gasteiger partial charge in [-0.1, -0.05) is 6.07 Å². The van der Waals surface area contributed by atoms with Crippen molar-refractivity contribution < 1.29 is 18.0 Å². The van der Waals surface area contributed by atoms with Crippen molar-refractivity contribution in [2.75, 3.05) is 0 Å². The molecule has 0 spiro atoms. The number of carbonyl (C=O) groups is 1. The van der Waals surface area contributed by atoms with Crippen molar-refractivity contribution in [2.45, 2.75) is 6.54 Å². The highest BCUT2D eigenvalue weighted by Crippen LogP contribution is 2.32. The first-order valence-electron chi connectivity index (χ1n) is 7.82. The van der Waals surface area contributed by atoms with Gasteiger partial charge >= 0.3 is 0 Å². The Labute approximate surface area is 146 Å². The zero-order chi connectivity index (χ0) is 18.4. The van der Waals surface area contributed by atoms with E-state index in [9.17, 15) is 18.0 Å². The van der Waals surface area contributed by atoms with Gasteiger partial charge in [0.25, 0.3) is 0 Å². The largest absolute Gasteiger partial charge is 0.366 e. The fraction of sp³-hybridized carbons (Fsp3) is 0.0500. The lowest BCUT2D eigenvalue weighted by atomic mass is 10.1. The predicted molar refractivity (Wildman–Crippen MR) is 92.2 cm³/mol. The van der Waals surface area contributed by atoms with Gasteiger partial charge in [0.2, 0.25) is 5.91 Å². The van der Waals surface area contributed by atoms with Gasteiger partial charge in [-0.15, -0.1) is 0 Å². The Balaban J connectivity index is 2.06. The first-order valence-corrected chi connectivity index (χ1v) is 7.82. The quantitative estimate of drug-likeness (QED) is 0.591. The van der Waals surface area contributed by atoms with Crippen LogP contribution in [0, 0.1) is 23.5 Å². The summed E-state index contributed by atoms with van der Waals surface area (Å²) in [6.45, 7) is 0.00524. The number of fused-ring (bicyclic) bond motifs is 3. The number of nitrogens with two attached hydrogens (primary N) is 1. The van der Waals surface area contributed by atoms with E-state index in [0.29, 0.717) is 21.8 Å². The number of rotatable bonds is 3. The lowest BCUT2D eigenvalue weighted by Gasteiger charge is -2.09. The third-order valence-corrected chi connectivity index (χ3v) is 4.36. The van der Waals surface area contributed by atoms with Crippen LogP contribution in [0.1, 0.15) is 15.9 Å². The maximum absolute atomic E-state index is 14.1. The lowest BCUT2D eigenvalue weighted by molar-refractivity contribution is 0.100. The number of amides is 1. The van der Waals surface area contributed by atoms with E-state index < -0.39 is 23.4 Å². The van der Waals surface area contributed by atoms with Crippen molar-refractivity contribution in [2.24, 2.45) is 5.73 Å². The molecular formula is C20H12F3N2O. The van der Waals surface area contributed by atoms with Crippen LogP contribution in [-0.4, -0.2) is 10.5 Å². The van der Waals surface area contributed by atoms with Crippen molar-refractivity contribution in [3.8, 4) is 0 Å². The summed E-state index contributed by atoms with van der Waals surface area (Å²) in [4.78, 5) is 11.8. The molecule has 129 valence electrons. The molecule has 3 nitrogen and oxygen atoms in total. The van der Waals surface area contributed by atoms with Crippen molar-refractivity contribution in [3.05, 3.63) is 83.2 Å². The normalized spacial score (nSPS) is 11.3. The number of nitrogens with zero attached hydrogens (tertiary/aromatic N) is 1. The van der Waals surface area contributed by atoms with Gasteiger partial charge in [-0.3, -0.25) is 4.79 Å². The second kappa shape index (κ2) is 5.91. The molecule has 0 atom stereocenters. The van der Waals surface area contributed by atoms with Crippen LogP contribution >= 0.6 is 0 Å². The number of carbonyl (C=O) groups excluding carboxylic acids is 1. The van der Waals surface area contributed by atoms with Crippen LogP contribution in [0.5, 0.6) is 0 Å². The SMILES string of the molecule is NC(=O)c1cccc2c1c1[c]c(F)ccc1n2Cc1cc(F)ccc1F. The summed E-state index contributed by atoms with van der Waals surface area (Å²) in [6.07, 6.45) is 0. The summed E-state index contributed by atoms with van der Waals surface area (Å²) in [5.41, 5.74) is 6.90. The standard InChI is InChI=1S/C20H12F3N2O/c21-12-4-6-16(23)11(8-12)10-25-17-7-5-13(22)9-15(17)19-14(20(24)26)2-1-3-18(19)25/h1-8H,10H2,(H2,24,26). The van der Waals surface area contributed by atoms with Gasteiger partial charge in [0.1, 0.15) is 17.5 Å². The second-order valence-corrected chi connectivity index (χ2v) is 5.95. The highest BCUT2D eigenvalue weighted by atomic mass is 19.1. The number of hydrogen-bond acceptors (Lipinski definition) is 1. The first-order chi connectivity index (χ1) is 12.5. The second-order valence-electron chi connectivity index (χ2n) is 5.95. The average molecular weight is 353 g/mol. The number of benzene rings is 3. The van der Waals surface area contributed by atoms with E-state index in [2.05, 4.69) is 6.07 Å². The Hall–Kier alpha value is -3.28. The van der Waals surface area contributed by atoms with Gasteiger partial charge < -0.3 is 10.3 Å². The molecule has 0 aliphatic heterocycles. The van der Waals surface area contributed by atoms with E-state index in [4.69, 9.17) is 5.73 Å². The molecule has 4 aromatic rings. The molecule has 6 heteroatoms. The molecule has 0 fully saturated rings. The Morgan fingerprint density at radius 2 is 1.85 bits per heavy atom. The van der Waals surface area contributed by atoms with E-state index in [1.54, 1.807) is 16.7 Å². The van der Waals surface area contributed by atoms with Gasteiger partial charge in [0.05, 0.1) is 17.6 Å². The smallest absolute Gasteiger partial charge is 0.249 e. The van der Waals surface area contributed by atoms with E-state index in [1.807, 2.05) is 0 Å². The third-order valence-electron chi connectivity index (χ3n) is 4.36. The fourth-order valence-electron chi connectivity index (χ4n) is 3.24. The van der Waals surface area contributed by atoms with E-state index in [-0.39, 0.29) is 17.7 Å². The molecule has 0 saturated carbocycles. The summed E-state index contributed by atoms with van der Waals surface area (Å²) < 4.78 is 43.1. The van der Waals surface area contributed by atoms with E-state index in [1.165, 1.54) is 18.2 Å². The fourth-order valence-corrected chi connectivity index (χ4v) is 3.24. The Bertz CT molecular complexity index is 1180. The van der Waals surface area contributed by atoms with Gasteiger partial charge in [0.15, 0.2) is 0 Å². The number of primary amides is 1. The summed E-state index contributed by atoms with van der Waals surface area (Å²) >= 11 is 0. The maximum atomic E-state index is 14.1. The Morgan fingerprint density at radius 3 is 2.62 bits per heavy atom. The van der Waals surface area contributed by atoms with Crippen molar-refractivity contribution in [3.63, 3.8) is 0 Å². The van der Waals surface area contributed by atoms with Crippen LogP contribution in [0.4, 0.5) is 13.2 Å². The van der Waals surface area contributed by atoms with Crippen LogP contribution in [0.3, 0.4) is 0 Å². The summed E-state index contributed by atoms with van der Waals surface area (Å²) in [7, 11) is 0. The third kappa shape index (κ3) is 2.50. The molecule has 3 aromatic carbocycles. The molecule has 2 N–H and O–H groups in total. The molecule has 0 aliphatic carbocycles. The van der Waals surface area contributed by atoms with Crippen LogP contribution in [0.2, 0.25) is 0 Å². The molecule has 1 aromatic heterocycles. The summed E-state index contributed by atoms with van der Waals surface area (Å²) in [5.74, 6) is -2.37. The minimum Gasteiger partial charge on any atom is -0.366 e. The molecule has 0 bridgehead atoms. The summed E-state index contributed by atoms with van der Waals surface area (Å²) in [5, 5.41) is 0.803. The average Bonchev–Trinajstić information content (AvgIpc) is 2.91. The molecule has 0 saturated heterocycles. The minimum absolute atomic E-state index is 0.00524. The molecule has 0 aliphatic rings. The Morgan fingerprint density at radius 1 is 1.04 bits per heavy atom. The zero-order valence-corrected chi connectivity index (χ0v) is 13.4. The van der Waals surface area contributed by atoms with Crippen LogP contribution in [0.25, 0.3) is 21.8 Å². The molecular weight excluding hydrogens is 341 g/mol. The van der Waals surface area contributed by atoms with Gasteiger partial charge in [0, 0.05) is 28.0 Å². The molecule has 1 amide bonds. The molecule has 4 rings (SSSR count). The number of hydrogen-bond donors (Lipinski definition) is 1. The molecule has 26 heavy (non-hydrogen) atoms. The lowest BCUT2D eigenvalue weighted by Crippen LogP contribution is -2.11. The van der Waals surface area contributed by atoms with Crippen molar-refractivity contribution >= 4 is 27.7 Å². The van der Waals surface area contributed by atoms with Crippen LogP contribution in [0.15, 0.2) is 48.5 Å². The van der Waals surface area contributed by atoms with E-state index in [0.717, 1.165) is 18.2 Å². The van der Waals surface area contributed by atoms with Gasteiger partial charge in [-0.05, 0) is 42.5 Å². The summed E-state index contributed by atoms with van der Waals surface area (Å²) in [6, 6.07) is 13.4. The van der Waals surface area contributed by atoms with Gasteiger partial charge in [-0.25, -0.2) is 13.2 Å². The van der Waals surface area contributed by atoms with Crippen LogP contribution < -0.4 is 5.73 Å². The number of halogens is 3. The molecule has 1 heterocycles. The minimum atomic E-state index is -0.663. The van der Waals surface area contributed by atoms with Crippen molar-refractivity contribution in [1.82, 2.24) is 4.57 Å². The van der Waals surface area contributed by atoms with Crippen molar-refractivity contribution in [1.29, 1.82) is 0 Å². The monoisotopic (exact) mass is 353 g/mol. The Kier molecular flexibility index (Phi) is 3.68. The number of aromatic nitrogens is 1. The van der Waals surface area contributed by atoms with E-state index >= 15 is 0 Å². The molecule has 0 unspecified atom stereocenters. The topological polar surface area (TPSA) is 48.0 Å². The highest BCUT2D eigenvalue weighted by Gasteiger charge is 2.18. The first kappa shape index (κ1) is 16.2. The predicted octanol–water partition coefficient (Wildman–Crippen LogP) is 4.16. The van der Waals surface area contributed by atoms with Crippen LogP contribution in [-0.2, 0) is 6.54 Å².